The van der Waals surface area contributed by atoms with E-state index in [-0.39, 0.29) is 5.78 Å². The highest BCUT2D eigenvalue weighted by atomic mass is 16.5. The van der Waals surface area contributed by atoms with Crippen LogP contribution >= 0.6 is 0 Å². The SMILES string of the molecule is COC(=Nc1ccccc1)c1ccc(C(=O)c2ccc(C(=Nc3ccccc3)OC)cc2)cc1. The van der Waals surface area contributed by atoms with Crippen LogP contribution in [0.2, 0.25) is 0 Å². The van der Waals surface area contributed by atoms with Crippen LogP contribution in [-0.2, 0) is 9.47 Å². The zero-order chi connectivity index (χ0) is 23.8. The number of aliphatic imine (C=N–C) groups is 2. The third kappa shape index (κ3) is 5.45. The molecule has 4 rings (SSSR count). The molecule has 0 spiro atoms. The lowest BCUT2D eigenvalue weighted by atomic mass is 10.0. The summed E-state index contributed by atoms with van der Waals surface area (Å²) < 4.78 is 10.9. The first-order chi connectivity index (χ1) is 16.7. The number of ketones is 1. The van der Waals surface area contributed by atoms with E-state index in [9.17, 15) is 4.79 Å². The van der Waals surface area contributed by atoms with E-state index in [1.54, 1.807) is 38.5 Å². The molecular formula is C29H24N2O3. The van der Waals surface area contributed by atoms with Crippen LogP contribution in [-0.4, -0.2) is 31.8 Å². The molecular weight excluding hydrogens is 424 g/mol. The van der Waals surface area contributed by atoms with Crippen molar-refractivity contribution in [2.75, 3.05) is 14.2 Å². The predicted octanol–water partition coefficient (Wildman–Crippen LogP) is 6.37. The second kappa shape index (κ2) is 10.9. The van der Waals surface area contributed by atoms with Gasteiger partial charge in [-0.25, -0.2) is 9.98 Å². The lowest BCUT2D eigenvalue weighted by Crippen LogP contribution is -2.07. The van der Waals surface area contributed by atoms with Crippen molar-refractivity contribution in [3.05, 3.63) is 131 Å². The number of nitrogens with zero attached hydrogens (tertiary/aromatic N) is 2. The number of carbonyl (C=O) groups excluding carboxylic acids is 1. The number of carbonyl (C=O) groups is 1. The highest BCUT2D eigenvalue weighted by Crippen LogP contribution is 2.18. The Hall–Kier alpha value is -4.51. The summed E-state index contributed by atoms with van der Waals surface area (Å²) in [5.41, 5.74) is 4.34. The molecule has 4 aromatic carbocycles. The highest BCUT2D eigenvalue weighted by molar-refractivity contribution is 6.10. The van der Waals surface area contributed by atoms with E-state index in [0.29, 0.717) is 22.9 Å². The normalized spacial score (nSPS) is 11.7. The standard InChI is InChI=1S/C29H24N2O3/c1-33-28(30-25-9-5-3-6-10-25)23-17-13-21(14-18-23)27(32)22-15-19-24(20-16-22)29(34-2)31-26-11-7-4-8-12-26/h3-20H,1-2H3. The molecule has 0 unspecified atom stereocenters. The molecule has 0 aliphatic heterocycles. The molecule has 0 bridgehead atoms. The van der Waals surface area contributed by atoms with E-state index in [1.165, 1.54) is 0 Å². The van der Waals surface area contributed by atoms with Crippen molar-refractivity contribution in [3.8, 4) is 0 Å². The van der Waals surface area contributed by atoms with Crippen molar-refractivity contribution in [2.24, 2.45) is 9.98 Å². The van der Waals surface area contributed by atoms with Crippen LogP contribution < -0.4 is 0 Å². The number of para-hydroxylation sites is 2. The molecule has 0 radical (unpaired) electrons. The summed E-state index contributed by atoms with van der Waals surface area (Å²) in [4.78, 5) is 22.1. The Labute approximate surface area is 199 Å². The molecule has 0 saturated carbocycles. The Morgan fingerprint density at radius 2 is 0.824 bits per heavy atom. The molecule has 0 aliphatic rings. The Bertz CT molecular complexity index is 1190. The van der Waals surface area contributed by atoms with Gasteiger partial charge in [-0.3, -0.25) is 4.79 Å². The molecule has 5 heteroatoms. The summed E-state index contributed by atoms with van der Waals surface area (Å²) >= 11 is 0. The number of rotatable bonds is 6. The van der Waals surface area contributed by atoms with Gasteiger partial charge in [-0.05, 0) is 48.5 Å². The maximum atomic E-state index is 13.0. The number of benzene rings is 4. The predicted molar refractivity (Wildman–Crippen MR) is 136 cm³/mol. The third-order valence-electron chi connectivity index (χ3n) is 5.15. The van der Waals surface area contributed by atoms with Gasteiger partial charge in [-0.15, -0.1) is 0 Å². The molecule has 0 aliphatic carbocycles. The van der Waals surface area contributed by atoms with Gasteiger partial charge in [0.2, 0.25) is 11.8 Å². The van der Waals surface area contributed by atoms with E-state index < -0.39 is 0 Å². The monoisotopic (exact) mass is 448 g/mol. The molecule has 0 saturated heterocycles. The van der Waals surface area contributed by atoms with E-state index >= 15 is 0 Å². The van der Waals surface area contributed by atoms with Gasteiger partial charge in [0.25, 0.3) is 0 Å². The summed E-state index contributed by atoms with van der Waals surface area (Å²) in [5, 5.41) is 0. The topological polar surface area (TPSA) is 60.2 Å². The molecule has 0 heterocycles. The van der Waals surface area contributed by atoms with Crippen LogP contribution in [0.3, 0.4) is 0 Å². The molecule has 168 valence electrons. The molecule has 0 N–H and O–H groups in total. The minimum Gasteiger partial charge on any atom is -0.481 e. The lowest BCUT2D eigenvalue weighted by Gasteiger charge is -2.08. The molecule has 0 fully saturated rings. The first kappa shape index (κ1) is 22.7. The van der Waals surface area contributed by atoms with E-state index in [2.05, 4.69) is 9.98 Å². The van der Waals surface area contributed by atoms with Crippen LogP contribution in [0.1, 0.15) is 27.0 Å². The first-order valence-electron chi connectivity index (χ1n) is 10.8. The van der Waals surface area contributed by atoms with E-state index in [0.717, 1.165) is 22.5 Å². The van der Waals surface area contributed by atoms with Crippen molar-refractivity contribution in [2.45, 2.75) is 0 Å². The first-order valence-corrected chi connectivity index (χ1v) is 10.8. The maximum absolute atomic E-state index is 13.0. The van der Waals surface area contributed by atoms with Crippen molar-refractivity contribution < 1.29 is 14.3 Å². The van der Waals surface area contributed by atoms with E-state index in [1.807, 2.05) is 84.9 Å². The van der Waals surface area contributed by atoms with Crippen molar-refractivity contribution in [3.63, 3.8) is 0 Å². The summed E-state index contributed by atoms with van der Waals surface area (Å²) in [7, 11) is 3.16. The lowest BCUT2D eigenvalue weighted by molar-refractivity contribution is 0.103. The van der Waals surface area contributed by atoms with Crippen LogP contribution in [0.25, 0.3) is 0 Å². The zero-order valence-corrected chi connectivity index (χ0v) is 19.0. The van der Waals surface area contributed by atoms with Gasteiger partial charge in [-0.2, -0.15) is 0 Å². The summed E-state index contributed by atoms with van der Waals surface area (Å²) in [6.45, 7) is 0. The smallest absolute Gasteiger partial charge is 0.220 e. The maximum Gasteiger partial charge on any atom is 0.220 e. The average Bonchev–Trinajstić information content (AvgIpc) is 2.91. The van der Waals surface area contributed by atoms with Crippen molar-refractivity contribution >= 4 is 29.0 Å². The summed E-state index contributed by atoms with van der Waals surface area (Å²) in [6.07, 6.45) is 0. The highest BCUT2D eigenvalue weighted by Gasteiger charge is 2.12. The molecule has 0 amide bonds. The second-order valence-electron chi connectivity index (χ2n) is 7.40. The third-order valence-corrected chi connectivity index (χ3v) is 5.15. The summed E-state index contributed by atoms with van der Waals surface area (Å²) in [5.74, 6) is 0.898. The van der Waals surface area contributed by atoms with Crippen LogP contribution in [0.5, 0.6) is 0 Å². The van der Waals surface area contributed by atoms with Crippen molar-refractivity contribution in [1.82, 2.24) is 0 Å². The number of methoxy groups -OCH3 is 2. The largest absolute Gasteiger partial charge is 0.481 e. The van der Waals surface area contributed by atoms with Gasteiger partial charge in [0.05, 0.1) is 25.6 Å². The number of hydrogen-bond donors (Lipinski definition) is 0. The Balaban J connectivity index is 1.52. The minimum atomic E-state index is -0.0731. The van der Waals surface area contributed by atoms with Gasteiger partial charge >= 0.3 is 0 Å². The second-order valence-corrected chi connectivity index (χ2v) is 7.40. The quantitative estimate of drug-likeness (QED) is 0.196. The summed E-state index contributed by atoms with van der Waals surface area (Å²) in [6, 6.07) is 33.6. The van der Waals surface area contributed by atoms with Crippen LogP contribution in [0.4, 0.5) is 11.4 Å². The number of hydrogen-bond acceptors (Lipinski definition) is 5. The molecule has 0 aromatic heterocycles. The Kier molecular flexibility index (Phi) is 7.25. The Morgan fingerprint density at radius 3 is 1.15 bits per heavy atom. The fourth-order valence-corrected chi connectivity index (χ4v) is 3.39. The van der Waals surface area contributed by atoms with Crippen LogP contribution in [0.15, 0.2) is 119 Å². The van der Waals surface area contributed by atoms with E-state index in [4.69, 9.17) is 9.47 Å². The average molecular weight is 449 g/mol. The minimum absolute atomic E-state index is 0.0731. The molecule has 0 atom stereocenters. The number of ether oxygens (including phenoxy) is 2. The Morgan fingerprint density at radius 1 is 0.500 bits per heavy atom. The van der Waals surface area contributed by atoms with Gasteiger partial charge in [0.1, 0.15) is 0 Å². The zero-order valence-electron chi connectivity index (χ0n) is 19.0. The van der Waals surface area contributed by atoms with Crippen LogP contribution in [0, 0.1) is 0 Å². The fraction of sp³-hybridized carbons (Fsp3) is 0.0690. The van der Waals surface area contributed by atoms with Crippen molar-refractivity contribution in [1.29, 1.82) is 0 Å². The van der Waals surface area contributed by atoms with Gasteiger partial charge in [0.15, 0.2) is 5.78 Å². The van der Waals surface area contributed by atoms with Gasteiger partial charge in [0, 0.05) is 22.3 Å². The van der Waals surface area contributed by atoms with Gasteiger partial charge < -0.3 is 9.47 Å². The molecule has 5 nitrogen and oxygen atoms in total. The fourth-order valence-electron chi connectivity index (χ4n) is 3.39. The molecule has 4 aromatic rings. The van der Waals surface area contributed by atoms with Gasteiger partial charge in [-0.1, -0.05) is 60.7 Å². The molecule has 34 heavy (non-hydrogen) atoms.